The summed E-state index contributed by atoms with van der Waals surface area (Å²) in [5, 5.41) is 9.07. The van der Waals surface area contributed by atoms with Crippen molar-refractivity contribution in [2.45, 2.75) is 25.7 Å². The molecule has 1 fully saturated rings. The van der Waals surface area contributed by atoms with Crippen molar-refractivity contribution < 1.29 is 14.3 Å². The van der Waals surface area contributed by atoms with E-state index >= 15 is 0 Å². The van der Waals surface area contributed by atoms with E-state index < -0.39 is 5.97 Å². The van der Waals surface area contributed by atoms with Crippen LogP contribution in [-0.2, 0) is 10.2 Å². The maximum absolute atomic E-state index is 13.2. The third-order valence-electron chi connectivity index (χ3n) is 3.69. The molecule has 1 aromatic rings. The quantitative estimate of drug-likeness (QED) is 0.853. The van der Waals surface area contributed by atoms with Crippen LogP contribution in [0, 0.1) is 17.7 Å². The van der Waals surface area contributed by atoms with Crippen LogP contribution in [0.1, 0.15) is 25.8 Å². The van der Waals surface area contributed by atoms with Crippen LogP contribution in [0.4, 0.5) is 4.39 Å². The van der Waals surface area contributed by atoms with Crippen molar-refractivity contribution in [1.29, 1.82) is 0 Å². The molecule has 1 aliphatic carbocycles. The van der Waals surface area contributed by atoms with E-state index in [-0.39, 0.29) is 23.1 Å². The van der Waals surface area contributed by atoms with E-state index in [1.165, 1.54) is 12.1 Å². The molecule has 0 amide bonds. The predicted octanol–water partition coefficient (Wildman–Crippen LogP) is 2.82. The van der Waals surface area contributed by atoms with Gasteiger partial charge in [0.2, 0.25) is 0 Å². The standard InChI is InChI=1S/C13H15FO2/c1-8(2)13(7-11(13)12(15)16)9-4-3-5-10(14)6-9/h3-6,8,11H,7H2,1-2H3,(H,15,16)/t11-,13?/m0/s1. The zero-order chi connectivity index (χ0) is 11.9. The molecular weight excluding hydrogens is 207 g/mol. The van der Waals surface area contributed by atoms with E-state index in [0.717, 1.165) is 5.56 Å². The molecule has 2 rings (SSSR count). The summed E-state index contributed by atoms with van der Waals surface area (Å²) in [5.74, 6) is -1.24. The number of benzene rings is 1. The highest BCUT2D eigenvalue weighted by atomic mass is 19.1. The van der Waals surface area contributed by atoms with Crippen molar-refractivity contribution in [3.8, 4) is 0 Å². The highest BCUT2D eigenvalue weighted by Gasteiger charge is 2.61. The zero-order valence-corrected chi connectivity index (χ0v) is 9.40. The number of aliphatic carboxylic acids is 1. The van der Waals surface area contributed by atoms with Crippen molar-refractivity contribution in [3.63, 3.8) is 0 Å². The van der Waals surface area contributed by atoms with Gasteiger partial charge in [0.1, 0.15) is 5.82 Å². The van der Waals surface area contributed by atoms with E-state index in [2.05, 4.69) is 0 Å². The average Bonchev–Trinajstić information content (AvgIpc) is 2.93. The molecule has 2 atom stereocenters. The van der Waals surface area contributed by atoms with Gasteiger partial charge in [0, 0.05) is 5.41 Å². The van der Waals surface area contributed by atoms with Gasteiger partial charge < -0.3 is 5.11 Å². The van der Waals surface area contributed by atoms with E-state index in [4.69, 9.17) is 5.11 Å². The van der Waals surface area contributed by atoms with Crippen LogP contribution in [0.15, 0.2) is 24.3 Å². The van der Waals surface area contributed by atoms with Crippen LogP contribution < -0.4 is 0 Å². The Labute approximate surface area is 94.1 Å². The number of carboxylic acid groups (broad SMARTS) is 1. The van der Waals surface area contributed by atoms with Crippen LogP contribution in [0.3, 0.4) is 0 Å². The Balaban J connectivity index is 2.40. The van der Waals surface area contributed by atoms with Gasteiger partial charge in [0.25, 0.3) is 0 Å². The van der Waals surface area contributed by atoms with Gasteiger partial charge in [0.15, 0.2) is 0 Å². The van der Waals surface area contributed by atoms with Crippen LogP contribution in [0.5, 0.6) is 0 Å². The molecule has 0 heterocycles. The fourth-order valence-electron chi connectivity index (χ4n) is 2.65. The Morgan fingerprint density at radius 2 is 2.25 bits per heavy atom. The van der Waals surface area contributed by atoms with Gasteiger partial charge in [-0.25, -0.2) is 4.39 Å². The molecule has 1 N–H and O–H groups in total. The number of halogens is 1. The average molecular weight is 222 g/mol. The topological polar surface area (TPSA) is 37.3 Å². The molecule has 16 heavy (non-hydrogen) atoms. The van der Waals surface area contributed by atoms with Crippen molar-refractivity contribution in [1.82, 2.24) is 0 Å². The first-order chi connectivity index (χ1) is 7.48. The fraction of sp³-hybridized carbons (Fsp3) is 0.462. The van der Waals surface area contributed by atoms with Crippen molar-refractivity contribution in [3.05, 3.63) is 35.6 Å². The smallest absolute Gasteiger partial charge is 0.307 e. The normalized spacial score (nSPS) is 28.1. The summed E-state index contributed by atoms with van der Waals surface area (Å²) in [6, 6.07) is 6.32. The van der Waals surface area contributed by atoms with Crippen molar-refractivity contribution in [2.75, 3.05) is 0 Å². The molecule has 3 heteroatoms. The van der Waals surface area contributed by atoms with Crippen LogP contribution >= 0.6 is 0 Å². The lowest BCUT2D eigenvalue weighted by atomic mass is 9.83. The second-order valence-electron chi connectivity index (χ2n) is 4.80. The van der Waals surface area contributed by atoms with E-state index in [1.54, 1.807) is 6.07 Å². The molecule has 2 nitrogen and oxygen atoms in total. The third kappa shape index (κ3) is 1.51. The zero-order valence-electron chi connectivity index (χ0n) is 9.40. The molecule has 0 radical (unpaired) electrons. The molecule has 0 saturated heterocycles. The molecule has 0 aromatic heterocycles. The number of carboxylic acids is 1. The van der Waals surface area contributed by atoms with Gasteiger partial charge in [-0.05, 0) is 30.0 Å². The Morgan fingerprint density at radius 3 is 2.69 bits per heavy atom. The first kappa shape index (κ1) is 11.1. The summed E-state index contributed by atoms with van der Waals surface area (Å²) in [6.07, 6.45) is 0.615. The van der Waals surface area contributed by atoms with Gasteiger partial charge in [-0.15, -0.1) is 0 Å². The molecule has 1 unspecified atom stereocenters. The van der Waals surface area contributed by atoms with Crippen LogP contribution in [0.2, 0.25) is 0 Å². The molecule has 0 spiro atoms. The lowest BCUT2D eigenvalue weighted by molar-refractivity contribution is -0.139. The highest BCUT2D eigenvalue weighted by Crippen LogP contribution is 2.59. The second kappa shape index (κ2) is 3.58. The first-order valence-electron chi connectivity index (χ1n) is 5.47. The van der Waals surface area contributed by atoms with Gasteiger partial charge in [-0.1, -0.05) is 26.0 Å². The molecule has 86 valence electrons. The maximum Gasteiger partial charge on any atom is 0.307 e. The van der Waals surface area contributed by atoms with E-state index in [1.807, 2.05) is 19.9 Å². The number of hydrogen-bond donors (Lipinski definition) is 1. The van der Waals surface area contributed by atoms with Crippen molar-refractivity contribution >= 4 is 5.97 Å². The Kier molecular flexibility index (Phi) is 2.49. The first-order valence-corrected chi connectivity index (χ1v) is 5.47. The monoisotopic (exact) mass is 222 g/mol. The minimum Gasteiger partial charge on any atom is -0.481 e. The minimum atomic E-state index is -0.780. The second-order valence-corrected chi connectivity index (χ2v) is 4.80. The summed E-state index contributed by atoms with van der Waals surface area (Å²) in [5.41, 5.74) is 0.448. The van der Waals surface area contributed by atoms with Gasteiger partial charge in [-0.2, -0.15) is 0 Å². The molecule has 1 aliphatic rings. The third-order valence-corrected chi connectivity index (χ3v) is 3.69. The SMILES string of the molecule is CC(C)C1(c2cccc(F)c2)C[C@H]1C(=O)O. The summed E-state index contributed by atoms with van der Waals surface area (Å²) in [4.78, 5) is 11.0. The summed E-state index contributed by atoms with van der Waals surface area (Å²) >= 11 is 0. The summed E-state index contributed by atoms with van der Waals surface area (Å²) in [7, 11) is 0. The fourth-order valence-corrected chi connectivity index (χ4v) is 2.65. The number of carbonyl (C=O) groups is 1. The van der Waals surface area contributed by atoms with Gasteiger partial charge in [0.05, 0.1) is 5.92 Å². The predicted molar refractivity (Wildman–Crippen MR) is 58.7 cm³/mol. The number of hydrogen-bond acceptors (Lipinski definition) is 1. The lowest BCUT2D eigenvalue weighted by Gasteiger charge is -2.21. The Bertz CT molecular complexity index is 428. The molecular formula is C13H15FO2. The summed E-state index contributed by atoms with van der Waals surface area (Å²) < 4.78 is 13.2. The van der Waals surface area contributed by atoms with Crippen LogP contribution in [-0.4, -0.2) is 11.1 Å². The van der Waals surface area contributed by atoms with Gasteiger partial charge in [-0.3, -0.25) is 4.79 Å². The highest BCUT2D eigenvalue weighted by molar-refractivity contribution is 5.77. The maximum atomic E-state index is 13.2. The largest absolute Gasteiger partial charge is 0.481 e. The van der Waals surface area contributed by atoms with Crippen LogP contribution in [0.25, 0.3) is 0 Å². The molecule has 1 saturated carbocycles. The van der Waals surface area contributed by atoms with Gasteiger partial charge >= 0.3 is 5.97 Å². The summed E-state index contributed by atoms with van der Waals surface area (Å²) in [6.45, 7) is 3.99. The molecule has 0 aliphatic heterocycles. The van der Waals surface area contributed by atoms with Crippen molar-refractivity contribution in [2.24, 2.45) is 11.8 Å². The number of rotatable bonds is 3. The molecule has 0 bridgehead atoms. The van der Waals surface area contributed by atoms with E-state index in [0.29, 0.717) is 6.42 Å². The van der Waals surface area contributed by atoms with E-state index in [9.17, 15) is 9.18 Å². The Morgan fingerprint density at radius 1 is 1.56 bits per heavy atom. The lowest BCUT2D eigenvalue weighted by Crippen LogP contribution is -2.21. The minimum absolute atomic E-state index is 0.204. The Hall–Kier alpha value is -1.38. The molecule has 1 aromatic carbocycles.